The van der Waals surface area contributed by atoms with Crippen LogP contribution in [0.1, 0.15) is 32.8 Å². The van der Waals surface area contributed by atoms with Gasteiger partial charge in [-0.15, -0.1) is 10.2 Å². The van der Waals surface area contributed by atoms with Crippen molar-refractivity contribution in [2.24, 2.45) is 0 Å². The van der Waals surface area contributed by atoms with Gasteiger partial charge in [-0.3, -0.25) is 4.98 Å². The Morgan fingerprint density at radius 1 is 1.09 bits per heavy atom. The fraction of sp³-hybridized carbons (Fsp3) is 0.280. The molecule has 0 atom stereocenters. The molecule has 0 spiro atoms. The largest absolute Gasteiger partial charge is 0.507 e. The fourth-order valence-electron chi connectivity index (χ4n) is 3.63. The van der Waals surface area contributed by atoms with E-state index in [0.717, 1.165) is 11.1 Å². The van der Waals surface area contributed by atoms with E-state index >= 15 is 0 Å². The van der Waals surface area contributed by atoms with E-state index in [0.29, 0.717) is 42.0 Å². The minimum absolute atomic E-state index is 0.117. The van der Waals surface area contributed by atoms with Crippen LogP contribution in [0.2, 0.25) is 0 Å². The van der Waals surface area contributed by atoms with Crippen molar-refractivity contribution in [1.29, 1.82) is 0 Å². The molecule has 4 rings (SSSR count). The molecule has 33 heavy (non-hydrogen) atoms. The minimum Gasteiger partial charge on any atom is -0.507 e. The van der Waals surface area contributed by atoms with E-state index in [2.05, 4.69) is 15.2 Å². The Kier molecular flexibility index (Phi) is 6.00. The normalized spacial score (nSPS) is 14.0. The molecule has 2 aromatic heterocycles. The number of nitrogens with two attached hydrogens (primary N) is 1. The number of rotatable bonds is 3. The van der Waals surface area contributed by atoms with E-state index in [1.54, 1.807) is 35.4 Å². The molecule has 8 heteroatoms. The van der Waals surface area contributed by atoms with Crippen LogP contribution in [0.5, 0.6) is 5.75 Å². The standard InChI is InChI=1S/C25H27N5O3/c1-25(2,3)33-24(32)30-12-9-16(10-13-30)17-8-11-27-20(14-17)19-15-21(28-29-23(19)26)18-6-4-5-7-22(18)31/h4-9,11,14-15,31H,10,12-13H2,1-3H3,(H2,26,29). The van der Waals surface area contributed by atoms with Gasteiger partial charge in [-0.05, 0) is 68.7 Å². The molecular formula is C25H27N5O3. The number of carbonyl (C=O) groups excluding carboxylic acids is 1. The van der Waals surface area contributed by atoms with E-state index < -0.39 is 5.60 Å². The molecule has 170 valence electrons. The molecule has 3 N–H and O–H groups in total. The summed E-state index contributed by atoms with van der Waals surface area (Å²) in [6.07, 6.45) is 4.16. The van der Waals surface area contributed by atoms with Crippen LogP contribution in [-0.4, -0.2) is 50.0 Å². The van der Waals surface area contributed by atoms with Gasteiger partial charge in [-0.25, -0.2) is 4.79 Å². The number of hydrogen-bond acceptors (Lipinski definition) is 7. The van der Waals surface area contributed by atoms with Gasteiger partial charge in [-0.2, -0.15) is 0 Å². The number of benzene rings is 1. The SMILES string of the molecule is CC(C)(C)OC(=O)N1CC=C(c2ccnc(-c3cc(-c4ccccc4O)nnc3N)c2)CC1. The van der Waals surface area contributed by atoms with E-state index in [1.165, 1.54) is 0 Å². The molecule has 0 unspecified atom stereocenters. The van der Waals surface area contributed by atoms with Crippen LogP contribution < -0.4 is 5.73 Å². The minimum atomic E-state index is -0.519. The Morgan fingerprint density at radius 3 is 2.58 bits per heavy atom. The number of aromatic hydroxyl groups is 1. The van der Waals surface area contributed by atoms with E-state index in [1.807, 2.05) is 45.0 Å². The zero-order valence-electron chi connectivity index (χ0n) is 18.9. The number of carbonyl (C=O) groups is 1. The monoisotopic (exact) mass is 445 g/mol. The zero-order chi connectivity index (χ0) is 23.6. The molecule has 1 aliphatic rings. The lowest BCUT2D eigenvalue weighted by atomic mass is 9.98. The molecule has 1 aliphatic heterocycles. The van der Waals surface area contributed by atoms with Crippen LogP contribution in [0.25, 0.3) is 28.1 Å². The Morgan fingerprint density at radius 2 is 1.88 bits per heavy atom. The summed E-state index contributed by atoms with van der Waals surface area (Å²) in [4.78, 5) is 18.5. The highest BCUT2D eigenvalue weighted by atomic mass is 16.6. The summed E-state index contributed by atoms with van der Waals surface area (Å²) in [6, 6.07) is 12.6. The lowest BCUT2D eigenvalue weighted by Gasteiger charge is -2.29. The molecule has 1 aromatic carbocycles. The second kappa shape index (κ2) is 8.90. The number of phenols is 1. The first-order chi connectivity index (χ1) is 15.7. The first kappa shape index (κ1) is 22.3. The third-order valence-corrected chi connectivity index (χ3v) is 5.27. The third-order valence-electron chi connectivity index (χ3n) is 5.27. The Balaban J connectivity index is 1.59. The van der Waals surface area contributed by atoms with Crippen LogP contribution >= 0.6 is 0 Å². The van der Waals surface area contributed by atoms with Gasteiger partial charge in [0, 0.05) is 30.4 Å². The smallest absolute Gasteiger partial charge is 0.410 e. The molecule has 0 saturated heterocycles. The number of ether oxygens (including phenoxy) is 1. The highest BCUT2D eigenvalue weighted by Gasteiger charge is 2.24. The first-order valence-corrected chi connectivity index (χ1v) is 10.8. The number of anilines is 1. The number of para-hydroxylation sites is 1. The second-order valence-electron chi connectivity index (χ2n) is 8.88. The van der Waals surface area contributed by atoms with E-state index in [4.69, 9.17) is 10.5 Å². The van der Waals surface area contributed by atoms with Crippen LogP contribution in [0.4, 0.5) is 10.6 Å². The molecule has 0 saturated carbocycles. The van der Waals surface area contributed by atoms with Crippen molar-refractivity contribution in [3.05, 3.63) is 60.3 Å². The van der Waals surface area contributed by atoms with Crippen molar-refractivity contribution in [3.63, 3.8) is 0 Å². The number of hydrogen-bond donors (Lipinski definition) is 2. The Hall–Kier alpha value is -3.94. The van der Waals surface area contributed by atoms with Crippen molar-refractivity contribution in [2.45, 2.75) is 32.8 Å². The van der Waals surface area contributed by atoms with Gasteiger partial charge >= 0.3 is 6.09 Å². The highest BCUT2D eigenvalue weighted by Crippen LogP contribution is 2.33. The van der Waals surface area contributed by atoms with Crippen molar-refractivity contribution in [3.8, 4) is 28.3 Å². The number of nitrogen functional groups attached to an aromatic ring is 1. The quantitative estimate of drug-likeness (QED) is 0.609. The molecule has 0 fully saturated rings. The number of nitrogens with zero attached hydrogens (tertiary/aromatic N) is 4. The van der Waals surface area contributed by atoms with Crippen LogP contribution in [0.3, 0.4) is 0 Å². The summed E-state index contributed by atoms with van der Waals surface area (Å²) >= 11 is 0. The molecule has 3 aromatic rings. The van der Waals surface area contributed by atoms with E-state index in [9.17, 15) is 9.90 Å². The third kappa shape index (κ3) is 5.11. The van der Waals surface area contributed by atoms with Gasteiger partial charge in [0.05, 0.1) is 11.4 Å². The van der Waals surface area contributed by atoms with Crippen LogP contribution in [0.15, 0.2) is 54.7 Å². The van der Waals surface area contributed by atoms with Gasteiger partial charge in [0.2, 0.25) is 0 Å². The summed E-state index contributed by atoms with van der Waals surface area (Å²) in [5.41, 5.74) is 10.1. The Bertz CT molecular complexity index is 1220. The van der Waals surface area contributed by atoms with Crippen molar-refractivity contribution < 1.29 is 14.6 Å². The lowest BCUT2D eigenvalue weighted by Crippen LogP contribution is -2.39. The van der Waals surface area contributed by atoms with Crippen molar-refractivity contribution >= 4 is 17.5 Å². The predicted octanol–water partition coefficient (Wildman–Crippen LogP) is 4.52. The summed E-state index contributed by atoms with van der Waals surface area (Å²) in [6.45, 7) is 6.64. The Labute approximate surface area is 192 Å². The molecule has 8 nitrogen and oxygen atoms in total. The molecule has 1 amide bonds. The summed E-state index contributed by atoms with van der Waals surface area (Å²) in [7, 11) is 0. The van der Waals surface area contributed by atoms with Gasteiger partial charge in [0.25, 0.3) is 0 Å². The highest BCUT2D eigenvalue weighted by molar-refractivity contribution is 5.80. The zero-order valence-corrected chi connectivity index (χ0v) is 18.9. The van der Waals surface area contributed by atoms with Crippen LogP contribution in [0, 0.1) is 0 Å². The summed E-state index contributed by atoms with van der Waals surface area (Å²) in [5, 5.41) is 18.4. The molecule has 0 aliphatic carbocycles. The molecule has 0 radical (unpaired) electrons. The van der Waals surface area contributed by atoms with Crippen LogP contribution in [-0.2, 0) is 4.74 Å². The van der Waals surface area contributed by atoms with E-state index in [-0.39, 0.29) is 17.7 Å². The molecule has 0 bridgehead atoms. The van der Waals surface area contributed by atoms with Gasteiger partial charge in [0.15, 0.2) is 5.82 Å². The second-order valence-corrected chi connectivity index (χ2v) is 8.88. The maximum atomic E-state index is 12.3. The maximum Gasteiger partial charge on any atom is 0.410 e. The topological polar surface area (TPSA) is 114 Å². The fourth-order valence-corrected chi connectivity index (χ4v) is 3.63. The maximum absolute atomic E-state index is 12.3. The van der Waals surface area contributed by atoms with Gasteiger partial charge in [0.1, 0.15) is 11.4 Å². The summed E-state index contributed by atoms with van der Waals surface area (Å²) in [5.74, 6) is 0.374. The average molecular weight is 446 g/mol. The number of pyridine rings is 1. The molecule has 3 heterocycles. The van der Waals surface area contributed by atoms with Crippen molar-refractivity contribution in [1.82, 2.24) is 20.1 Å². The average Bonchev–Trinajstić information content (AvgIpc) is 2.79. The van der Waals surface area contributed by atoms with Crippen molar-refractivity contribution in [2.75, 3.05) is 18.8 Å². The number of aromatic nitrogens is 3. The lowest BCUT2D eigenvalue weighted by molar-refractivity contribution is 0.0270. The number of amides is 1. The number of phenolic OH excluding ortho intramolecular Hbond substituents is 1. The first-order valence-electron chi connectivity index (χ1n) is 10.8. The predicted molar refractivity (Wildman–Crippen MR) is 127 cm³/mol. The summed E-state index contributed by atoms with van der Waals surface area (Å²) < 4.78 is 5.47. The van der Waals surface area contributed by atoms with Gasteiger partial charge in [-0.1, -0.05) is 18.2 Å². The molecular weight excluding hydrogens is 418 g/mol. The van der Waals surface area contributed by atoms with Gasteiger partial charge < -0.3 is 20.5 Å².